The number of methoxy groups -OCH3 is 1. The zero-order chi connectivity index (χ0) is 16.1. The Bertz CT molecular complexity index is 734. The van der Waals surface area contributed by atoms with E-state index in [0.29, 0.717) is 12.2 Å². The van der Waals surface area contributed by atoms with Crippen molar-refractivity contribution in [2.75, 3.05) is 20.2 Å². The molecule has 118 valence electrons. The number of aromatic nitrogens is 3. The first-order valence-corrected chi connectivity index (χ1v) is 6.95. The van der Waals surface area contributed by atoms with E-state index in [1.165, 1.54) is 16.4 Å². The Balaban J connectivity index is 2.10. The van der Waals surface area contributed by atoms with Gasteiger partial charge in [-0.1, -0.05) is 6.07 Å². The lowest BCUT2D eigenvalue weighted by atomic mass is 10.3. The van der Waals surface area contributed by atoms with Gasteiger partial charge in [-0.05, 0) is 19.1 Å². The molecule has 2 heterocycles. The number of hydrogen-bond donors (Lipinski definition) is 0. The Morgan fingerprint density at radius 3 is 2.77 bits per heavy atom. The van der Waals surface area contributed by atoms with Crippen molar-refractivity contribution in [2.24, 2.45) is 0 Å². The summed E-state index contributed by atoms with van der Waals surface area (Å²) in [4.78, 5) is 37.0. The minimum Gasteiger partial charge on any atom is -0.469 e. The fraction of sp³-hybridized carbons (Fsp3) is 0.429. The van der Waals surface area contributed by atoms with Crippen LogP contribution in [0.5, 0.6) is 0 Å². The van der Waals surface area contributed by atoms with Gasteiger partial charge in [0.25, 0.3) is 0 Å². The highest BCUT2D eigenvalue weighted by Crippen LogP contribution is 1.99. The van der Waals surface area contributed by atoms with E-state index in [9.17, 15) is 14.4 Å². The summed E-state index contributed by atoms with van der Waals surface area (Å²) in [7, 11) is 1.30. The summed E-state index contributed by atoms with van der Waals surface area (Å²) in [6.45, 7) is 2.35. The minimum absolute atomic E-state index is 0.121. The monoisotopic (exact) mass is 306 g/mol. The van der Waals surface area contributed by atoms with Gasteiger partial charge in [0.1, 0.15) is 6.54 Å². The van der Waals surface area contributed by atoms with Gasteiger partial charge in [0.2, 0.25) is 5.91 Å². The maximum atomic E-state index is 12.2. The number of hydrogen-bond acceptors (Lipinski definition) is 5. The third-order valence-corrected chi connectivity index (χ3v) is 3.32. The maximum absolute atomic E-state index is 12.2. The van der Waals surface area contributed by atoms with Crippen molar-refractivity contribution in [1.82, 2.24) is 19.1 Å². The number of amides is 1. The SMILES string of the molecule is CCN(CCC(=O)OC)C(=O)Cn1nc2ccccn2c1=O. The van der Waals surface area contributed by atoms with Crippen LogP contribution in [0.1, 0.15) is 13.3 Å². The van der Waals surface area contributed by atoms with E-state index < -0.39 is 0 Å². The average molecular weight is 306 g/mol. The number of nitrogens with zero attached hydrogens (tertiary/aromatic N) is 4. The second kappa shape index (κ2) is 6.88. The molecule has 0 bridgehead atoms. The van der Waals surface area contributed by atoms with Crippen LogP contribution in [0, 0.1) is 0 Å². The smallest absolute Gasteiger partial charge is 0.350 e. The highest BCUT2D eigenvalue weighted by Gasteiger charge is 2.16. The summed E-state index contributed by atoms with van der Waals surface area (Å²) in [5.41, 5.74) is 0.117. The van der Waals surface area contributed by atoms with Crippen LogP contribution in [0.25, 0.3) is 5.65 Å². The summed E-state index contributed by atoms with van der Waals surface area (Å²) in [5.74, 6) is -0.645. The van der Waals surface area contributed by atoms with Gasteiger partial charge in [-0.2, -0.15) is 0 Å². The topological polar surface area (TPSA) is 85.9 Å². The Labute approximate surface area is 126 Å². The molecule has 0 saturated carbocycles. The third-order valence-electron chi connectivity index (χ3n) is 3.32. The summed E-state index contributed by atoms with van der Waals surface area (Å²) in [6, 6.07) is 5.18. The highest BCUT2D eigenvalue weighted by atomic mass is 16.5. The van der Waals surface area contributed by atoms with Crippen LogP contribution in [0.4, 0.5) is 0 Å². The third kappa shape index (κ3) is 3.33. The first-order valence-electron chi connectivity index (χ1n) is 6.95. The lowest BCUT2D eigenvalue weighted by Gasteiger charge is -2.19. The lowest BCUT2D eigenvalue weighted by Crippen LogP contribution is -2.38. The second-order valence-corrected chi connectivity index (χ2v) is 4.67. The molecule has 8 nitrogen and oxygen atoms in total. The van der Waals surface area contributed by atoms with Crippen LogP contribution >= 0.6 is 0 Å². The van der Waals surface area contributed by atoms with Gasteiger partial charge < -0.3 is 9.64 Å². The van der Waals surface area contributed by atoms with Crippen LogP contribution in [-0.4, -0.2) is 51.2 Å². The highest BCUT2D eigenvalue weighted by molar-refractivity contribution is 5.77. The Morgan fingerprint density at radius 1 is 1.36 bits per heavy atom. The van der Waals surface area contributed by atoms with Crippen LogP contribution in [0.15, 0.2) is 29.2 Å². The van der Waals surface area contributed by atoms with E-state index in [1.54, 1.807) is 24.4 Å². The standard InChI is InChI=1S/C14H18N4O4/c1-3-16(9-7-13(20)22-2)12(19)10-18-14(21)17-8-5-4-6-11(17)15-18/h4-6,8H,3,7,9-10H2,1-2H3. The van der Waals surface area contributed by atoms with Crippen LogP contribution < -0.4 is 5.69 Å². The number of esters is 1. The van der Waals surface area contributed by atoms with Gasteiger partial charge in [0.05, 0.1) is 13.5 Å². The van der Waals surface area contributed by atoms with Gasteiger partial charge in [-0.15, -0.1) is 5.10 Å². The zero-order valence-electron chi connectivity index (χ0n) is 12.6. The lowest BCUT2D eigenvalue weighted by molar-refractivity contribution is -0.141. The van der Waals surface area contributed by atoms with Crippen molar-refractivity contribution in [3.8, 4) is 0 Å². The van der Waals surface area contributed by atoms with E-state index >= 15 is 0 Å². The molecule has 0 saturated heterocycles. The van der Waals surface area contributed by atoms with E-state index in [1.807, 2.05) is 6.92 Å². The molecule has 2 aromatic heterocycles. The molecular weight excluding hydrogens is 288 g/mol. The Hall–Kier alpha value is -2.64. The quantitative estimate of drug-likeness (QED) is 0.696. The minimum atomic E-state index is -0.379. The van der Waals surface area contributed by atoms with Crippen molar-refractivity contribution in [2.45, 2.75) is 19.9 Å². The number of fused-ring (bicyclic) bond motifs is 1. The van der Waals surface area contributed by atoms with Crippen molar-refractivity contribution < 1.29 is 14.3 Å². The second-order valence-electron chi connectivity index (χ2n) is 4.67. The normalized spacial score (nSPS) is 10.6. The van der Waals surface area contributed by atoms with E-state index in [-0.39, 0.29) is 37.1 Å². The molecule has 0 aliphatic heterocycles. The largest absolute Gasteiger partial charge is 0.469 e. The van der Waals surface area contributed by atoms with Crippen LogP contribution in [-0.2, 0) is 20.9 Å². The maximum Gasteiger partial charge on any atom is 0.350 e. The van der Waals surface area contributed by atoms with E-state index in [2.05, 4.69) is 9.84 Å². The predicted octanol–water partition coefficient (Wildman–Crippen LogP) is -0.0924. The Kier molecular flexibility index (Phi) is 4.92. The predicted molar refractivity (Wildman–Crippen MR) is 78.3 cm³/mol. The average Bonchev–Trinajstić information content (AvgIpc) is 2.84. The molecule has 1 amide bonds. The number of carbonyl (C=O) groups excluding carboxylic acids is 2. The molecule has 0 atom stereocenters. The first kappa shape index (κ1) is 15.7. The van der Waals surface area contributed by atoms with Gasteiger partial charge in [0, 0.05) is 19.3 Å². The van der Waals surface area contributed by atoms with Gasteiger partial charge in [0.15, 0.2) is 5.65 Å². The molecule has 2 aromatic rings. The molecule has 0 radical (unpaired) electrons. The van der Waals surface area contributed by atoms with E-state index in [0.717, 1.165) is 4.68 Å². The summed E-state index contributed by atoms with van der Waals surface area (Å²) in [5, 5.41) is 4.11. The number of likely N-dealkylation sites (N-methyl/N-ethyl adjacent to an activating group) is 1. The molecule has 0 N–H and O–H groups in total. The molecule has 0 spiro atoms. The summed E-state index contributed by atoms with van der Waals surface area (Å²) < 4.78 is 7.05. The van der Waals surface area contributed by atoms with Crippen LogP contribution in [0.2, 0.25) is 0 Å². The fourth-order valence-electron chi connectivity index (χ4n) is 2.09. The van der Waals surface area contributed by atoms with Crippen molar-refractivity contribution in [1.29, 1.82) is 0 Å². The molecule has 0 aliphatic carbocycles. The number of ether oxygens (including phenoxy) is 1. The molecule has 0 aromatic carbocycles. The molecule has 8 heteroatoms. The summed E-state index contributed by atoms with van der Waals surface area (Å²) in [6.07, 6.45) is 1.72. The van der Waals surface area contributed by atoms with Crippen molar-refractivity contribution in [3.05, 3.63) is 34.9 Å². The molecule has 0 unspecified atom stereocenters. The Morgan fingerprint density at radius 2 is 2.14 bits per heavy atom. The van der Waals surface area contributed by atoms with Crippen LogP contribution in [0.3, 0.4) is 0 Å². The van der Waals surface area contributed by atoms with Gasteiger partial charge in [-0.3, -0.25) is 14.0 Å². The molecule has 2 rings (SSSR count). The fourth-order valence-corrected chi connectivity index (χ4v) is 2.09. The molecule has 0 fully saturated rings. The zero-order valence-corrected chi connectivity index (χ0v) is 12.6. The number of pyridine rings is 1. The van der Waals surface area contributed by atoms with E-state index in [4.69, 9.17) is 0 Å². The first-order chi connectivity index (χ1) is 10.6. The van der Waals surface area contributed by atoms with Crippen molar-refractivity contribution >= 4 is 17.5 Å². The van der Waals surface area contributed by atoms with Crippen molar-refractivity contribution in [3.63, 3.8) is 0 Å². The molecular formula is C14H18N4O4. The number of rotatable bonds is 6. The number of carbonyl (C=O) groups is 2. The van der Waals surface area contributed by atoms with Gasteiger partial charge in [-0.25, -0.2) is 9.48 Å². The molecule has 22 heavy (non-hydrogen) atoms. The molecule has 0 aliphatic rings. The van der Waals surface area contributed by atoms with Gasteiger partial charge >= 0.3 is 11.7 Å². The summed E-state index contributed by atoms with van der Waals surface area (Å²) >= 11 is 0.